The molecule has 2 atom stereocenters. The van der Waals surface area contributed by atoms with E-state index in [4.69, 9.17) is 4.74 Å². The van der Waals surface area contributed by atoms with Crippen molar-refractivity contribution in [3.05, 3.63) is 28.2 Å². The largest absolute Gasteiger partial charge is 0.508 e. The molecule has 1 heterocycles. The van der Waals surface area contributed by atoms with E-state index in [9.17, 15) is 5.11 Å². The molecule has 18 heavy (non-hydrogen) atoms. The van der Waals surface area contributed by atoms with Crippen LogP contribution in [0.4, 0.5) is 0 Å². The van der Waals surface area contributed by atoms with Gasteiger partial charge < -0.3 is 9.84 Å². The highest BCUT2D eigenvalue weighted by atomic mass is 79.9. The summed E-state index contributed by atoms with van der Waals surface area (Å²) in [7, 11) is 1.76. The predicted molar refractivity (Wildman–Crippen MR) is 75.8 cm³/mol. The molecule has 4 heteroatoms. The molecule has 2 unspecified atom stereocenters. The van der Waals surface area contributed by atoms with Crippen LogP contribution in [0.15, 0.2) is 22.7 Å². The summed E-state index contributed by atoms with van der Waals surface area (Å²) >= 11 is 3.46. The van der Waals surface area contributed by atoms with Crippen molar-refractivity contribution >= 4 is 15.9 Å². The van der Waals surface area contributed by atoms with Crippen molar-refractivity contribution in [1.82, 2.24) is 4.90 Å². The molecule has 0 bridgehead atoms. The van der Waals surface area contributed by atoms with Crippen LogP contribution in [0.5, 0.6) is 5.75 Å². The van der Waals surface area contributed by atoms with E-state index >= 15 is 0 Å². The molecule has 2 rings (SSSR count). The van der Waals surface area contributed by atoms with Crippen molar-refractivity contribution in [2.24, 2.45) is 5.92 Å². The Labute approximate surface area is 117 Å². The fourth-order valence-electron chi connectivity index (χ4n) is 2.64. The molecule has 0 radical (unpaired) electrons. The summed E-state index contributed by atoms with van der Waals surface area (Å²) in [5.41, 5.74) is 0.988. The zero-order valence-corrected chi connectivity index (χ0v) is 12.5. The Morgan fingerprint density at radius 2 is 2.33 bits per heavy atom. The summed E-state index contributed by atoms with van der Waals surface area (Å²) in [6, 6.07) is 5.86. The average Bonchev–Trinajstić information content (AvgIpc) is 2.80. The fraction of sp³-hybridized carbons (Fsp3) is 0.571. The first-order valence-corrected chi connectivity index (χ1v) is 7.12. The minimum absolute atomic E-state index is 0.240. The van der Waals surface area contributed by atoms with E-state index in [0.717, 1.165) is 29.7 Å². The smallest absolute Gasteiger partial charge is 0.120 e. The Hall–Kier alpha value is -0.580. The lowest BCUT2D eigenvalue weighted by Gasteiger charge is -2.25. The number of aromatic hydroxyl groups is 1. The van der Waals surface area contributed by atoms with Gasteiger partial charge in [-0.15, -0.1) is 0 Å². The van der Waals surface area contributed by atoms with Crippen LogP contribution in [-0.2, 0) is 4.74 Å². The third-order valence-electron chi connectivity index (χ3n) is 3.71. The number of hydrogen-bond acceptors (Lipinski definition) is 3. The third-order valence-corrected chi connectivity index (χ3v) is 4.20. The lowest BCUT2D eigenvalue weighted by atomic mass is 10.1. The average molecular weight is 314 g/mol. The molecule has 1 aliphatic heterocycles. The zero-order chi connectivity index (χ0) is 13.1. The van der Waals surface area contributed by atoms with E-state index < -0.39 is 0 Å². The van der Waals surface area contributed by atoms with Crippen molar-refractivity contribution in [3.8, 4) is 5.75 Å². The van der Waals surface area contributed by atoms with Crippen LogP contribution in [0.25, 0.3) is 0 Å². The van der Waals surface area contributed by atoms with Crippen LogP contribution in [0.1, 0.15) is 24.9 Å². The van der Waals surface area contributed by atoms with Gasteiger partial charge in [0.25, 0.3) is 0 Å². The number of halogens is 1. The number of hydrogen-bond donors (Lipinski definition) is 1. The number of phenols is 1. The molecular weight excluding hydrogens is 294 g/mol. The van der Waals surface area contributed by atoms with Gasteiger partial charge >= 0.3 is 0 Å². The van der Waals surface area contributed by atoms with E-state index in [-0.39, 0.29) is 6.04 Å². The first-order valence-electron chi connectivity index (χ1n) is 6.33. The quantitative estimate of drug-likeness (QED) is 0.926. The van der Waals surface area contributed by atoms with E-state index in [1.807, 2.05) is 12.1 Å². The van der Waals surface area contributed by atoms with Gasteiger partial charge in [0.05, 0.1) is 6.61 Å². The molecule has 0 saturated carbocycles. The summed E-state index contributed by atoms with van der Waals surface area (Å²) in [5.74, 6) is 0.993. The minimum Gasteiger partial charge on any atom is -0.508 e. The Balaban J connectivity index is 2.07. The summed E-state index contributed by atoms with van der Waals surface area (Å²) in [4.78, 5) is 2.41. The van der Waals surface area contributed by atoms with Gasteiger partial charge in [0.2, 0.25) is 0 Å². The molecule has 100 valence electrons. The molecule has 1 N–H and O–H groups in total. The molecule has 3 nitrogen and oxygen atoms in total. The molecule has 1 aromatic carbocycles. The second-order valence-corrected chi connectivity index (χ2v) is 5.90. The molecule has 0 aliphatic carbocycles. The van der Waals surface area contributed by atoms with Crippen LogP contribution in [0.2, 0.25) is 0 Å². The molecule has 0 aromatic heterocycles. The highest BCUT2D eigenvalue weighted by molar-refractivity contribution is 9.10. The maximum atomic E-state index is 9.96. The molecule has 1 aliphatic rings. The van der Waals surface area contributed by atoms with Gasteiger partial charge in [0, 0.05) is 29.7 Å². The second-order valence-electron chi connectivity index (χ2n) is 4.98. The van der Waals surface area contributed by atoms with Gasteiger partial charge in [0.15, 0.2) is 0 Å². The van der Waals surface area contributed by atoms with Crippen LogP contribution in [0.3, 0.4) is 0 Å². The number of phenolic OH excluding ortho intramolecular Hbond substituents is 1. The van der Waals surface area contributed by atoms with Gasteiger partial charge in [-0.1, -0.05) is 15.9 Å². The Morgan fingerprint density at radius 1 is 1.56 bits per heavy atom. The van der Waals surface area contributed by atoms with E-state index in [2.05, 4.69) is 27.8 Å². The SMILES string of the molecule is COCC1CCN(C(C)c2cc(Br)ccc2O)C1. The van der Waals surface area contributed by atoms with Gasteiger partial charge in [0.1, 0.15) is 5.75 Å². The Bertz CT molecular complexity index is 411. The van der Waals surface area contributed by atoms with Crippen molar-refractivity contribution in [2.75, 3.05) is 26.8 Å². The van der Waals surface area contributed by atoms with E-state index in [0.29, 0.717) is 11.7 Å². The highest BCUT2D eigenvalue weighted by Crippen LogP contribution is 2.33. The topological polar surface area (TPSA) is 32.7 Å². The first kappa shape index (κ1) is 13.8. The van der Waals surface area contributed by atoms with Gasteiger partial charge in [-0.05, 0) is 44.0 Å². The number of benzene rings is 1. The van der Waals surface area contributed by atoms with Gasteiger partial charge in [-0.3, -0.25) is 4.90 Å². The maximum absolute atomic E-state index is 9.96. The molecule has 0 spiro atoms. The van der Waals surface area contributed by atoms with Crippen molar-refractivity contribution in [3.63, 3.8) is 0 Å². The normalized spacial score (nSPS) is 22.3. The Morgan fingerprint density at radius 3 is 3.06 bits per heavy atom. The van der Waals surface area contributed by atoms with Crippen molar-refractivity contribution < 1.29 is 9.84 Å². The first-order chi connectivity index (χ1) is 8.61. The number of nitrogens with zero attached hydrogens (tertiary/aromatic N) is 1. The third kappa shape index (κ3) is 3.05. The fourth-order valence-corrected chi connectivity index (χ4v) is 3.02. The number of likely N-dealkylation sites (tertiary alicyclic amines) is 1. The maximum Gasteiger partial charge on any atom is 0.120 e. The van der Waals surface area contributed by atoms with Crippen LogP contribution < -0.4 is 0 Å². The summed E-state index contributed by atoms with van der Waals surface area (Å²) in [5, 5.41) is 9.96. The lowest BCUT2D eigenvalue weighted by molar-refractivity contribution is 0.148. The molecule has 1 saturated heterocycles. The standard InChI is InChI=1S/C14H20BrNO2/c1-10(13-7-12(15)3-4-14(13)17)16-6-5-11(8-16)9-18-2/h3-4,7,10-11,17H,5-6,8-9H2,1-2H3. The van der Waals surface area contributed by atoms with Crippen LogP contribution >= 0.6 is 15.9 Å². The number of ether oxygens (including phenoxy) is 1. The van der Waals surface area contributed by atoms with Crippen molar-refractivity contribution in [2.45, 2.75) is 19.4 Å². The van der Waals surface area contributed by atoms with E-state index in [1.54, 1.807) is 13.2 Å². The Kier molecular flexibility index (Phi) is 4.65. The highest BCUT2D eigenvalue weighted by Gasteiger charge is 2.27. The molecule has 1 aromatic rings. The molecular formula is C14H20BrNO2. The number of methoxy groups -OCH3 is 1. The van der Waals surface area contributed by atoms with E-state index in [1.165, 1.54) is 6.42 Å². The number of rotatable bonds is 4. The van der Waals surface area contributed by atoms with Crippen LogP contribution in [-0.4, -0.2) is 36.8 Å². The monoisotopic (exact) mass is 313 g/mol. The van der Waals surface area contributed by atoms with Crippen LogP contribution in [0, 0.1) is 5.92 Å². The second kappa shape index (κ2) is 6.04. The minimum atomic E-state index is 0.240. The zero-order valence-electron chi connectivity index (χ0n) is 10.9. The summed E-state index contributed by atoms with van der Waals surface area (Å²) in [6.45, 7) is 5.09. The molecule has 0 amide bonds. The summed E-state index contributed by atoms with van der Waals surface area (Å²) in [6.07, 6.45) is 1.17. The molecule has 1 fully saturated rings. The van der Waals surface area contributed by atoms with Crippen molar-refractivity contribution in [1.29, 1.82) is 0 Å². The predicted octanol–water partition coefficient (Wildman–Crippen LogP) is 3.18. The van der Waals surface area contributed by atoms with Gasteiger partial charge in [-0.25, -0.2) is 0 Å². The lowest BCUT2D eigenvalue weighted by Crippen LogP contribution is -2.25. The van der Waals surface area contributed by atoms with Gasteiger partial charge in [-0.2, -0.15) is 0 Å². The summed E-state index contributed by atoms with van der Waals surface area (Å²) < 4.78 is 6.23.